The van der Waals surface area contributed by atoms with Crippen molar-refractivity contribution < 1.29 is 68.8 Å². The Morgan fingerprint density at radius 2 is 1.08 bits per heavy atom. The summed E-state index contributed by atoms with van der Waals surface area (Å²) in [4.78, 5) is 4.70. The number of rotatable bonds is 12. The summed E-state index contributed by atoms with van der Waals surface area (Å²) in [6.45, 7) is 8.82. The van der Waals surface area contributed by atoms with E-state index in [1.54, 1.807) is 81.9 Å². The van der Waals surface area contributed by atoms with Gasteiger partial charge in [-0.25, -0.2) is 4.98 Å². The number of pyridine rings is 1. The molecule has 14 rings (SSSR count). The van der Waals surface area contributed by atoms with Crippen LogP contribution in [0.4, 0.5) is 0 Å². The average Bonchev–Trinajstić information content (AvgIpc) is 0.825. The SMILES string of the molecule is [2H]c1c([2H])c([2H])c(-c2cc(-c3cc(C(C)(C)C)cc(C(C)(C)C)c3)c(-[n+]3[c-]n(-c4[c-]c(Oc5[c-]c6c(cc5)c5ccccc5n6-c5cc(C([2H])([2H])[2H])c(-c6c([2H])c([2H])c([2H])c([2H])c6[2H])cn5)ccc4)c4ccccc43)c([Si](c3c([2H])c([2H])c([2H])c([2H])c3[2H])(c3c([2H])c([2H])c([2H])c([2H])c3[2H])c3c([2H])c([2H])c([2H])c([2H])c3[2H])c2)c([2H])c1[2H].[Pt]. The van der Waals surface area contributed by atoms with Crippen molar-refractivity contribution in [3.63, 3.8) is 0 Å². The number of hydrogen-bond donors (Lipinski definition) is 0. The smallest absolute Gasteiger partial charge is 0.268 e. The van der Waals surface area contributed by atoms with Gasteiger partial charge < -0.3 is 13.9 Å². The van der Waals surface area contributed by atoms with E-state index in [2.05, 4.69) is 18.5 Å². The summed E-state index contributed by atoms with van der Waals surface area (Å²) < 4.78 is 273. The summed E-state index contributed by atoms with van der Waals surface area (Å²) in [5.41, 5.74) is -0.0984. The Morgan fingerprint density at radius 1 is 0.511 bits per heavy atom. The molecule has 3 heterocycles. The Bertz CT molecular complexity index is 6220. The number of fused-ring (bicyclic) bond motifs is 4. The van der Waals surface area contributed by atoms with E-state index >= 15 is 0 Å². The first-order valence-electron chi connectivity index (χ1n) is 41.7. The largest absolute Gasteiger partial charge is 0.510 e. The molecule has 0 fully saturated rings. The summed E-state index contributed by atoms with van der Waals surface area (Å²) >= 11 is 0. The fourth-order valence-corrected chi connectivity index (χ4v) is 15.2. The number of hydrogen-bond acceptors (Lipinski definition) is 2. The zero-order chi connectivity index (χ0) is 83.7. The third-order valence-corrected chi connectivity index (χ3v) is 19.5. The van der Waals surface area contributed by atoms with Crippen molar-refractivity contribution in [1.82, 2.24) is 14.1 Å². The first kappa shape index (κ1) is 33.6. The fourth-order valence-electron chi connectivity index (χ4n) is 11.1. The standard InChI is InChI=1S/C81H66N4OSi.Pt/c1-56-46-78(82-54-72(56)58-30-15-9-16-31-58)85-73-41-24-23-40-69(73)70-45-44-65(53-76(70)85)86-64-33-27-32-63(52-64)83-55-84(75-43-26-25-42-74(75)83)79-71(60-47-61(80(2,3)4)51-62(48-60)81(5,6)7)49-59(57-28-13-8-14-29-57)50-77(79)87(66-34-17-10-18-35-66,67-36-19-11-20-37-67)68-38-21-12-22-39-68;/h8-51,54H,1-7H3;/q-2;/i1D3,8D,9D,10D,11D,12D,13D,14D,15D,16D,17D,18D,19D,20D,21D,22D,28D,29D,30D,31D,34D,35D,36D,37D,38D,39D;. The van der Waals surface area contributed by atoms with Gasteiger partial charge in [0, 0.05) is 54.0 Å². The van der Waals surface area contributed by atoms with E-state index in [9.17, 15) is 21.9 Å². The van der Waals surface area contributed by atoms with Crippen LogP contribution in [-0.4, -0.2) is 22.2 Å². The molecule has 0 aliphatic rings. The maximum absolute atomic E-state index is 10.3. The second kappa shape index (κ2) is 23.3. The molecule has 5 nitrogen and oxygen atoms in total. The average molecular weight is 1360 g/mol. The number of nitrogens with zero attached hydrogens (tertiary/aromatic N) is 4. The van der Waals surface area contributed by atoms with Crippen LogP contribution in [0.2, 0.25) is 0 Å². The van der Waals surface area contributed by atoms with E-state index in [0.717, 1.165) is 6.20 Å². The van der Waals surface area contributed by atoms with E-state index in [-0.39, 0.29) is 88.7 Å². The van der Waals surface area contributed by atoms with Crippen LogP contribution >= 0.6 is 0 Å². The molecule has 14 aromatic rings. The van der Waals surface area contributed by atoms with Crippen LogP contribution < -0.4 is 30.1 Å². The normalized spacial score (nSPS) is 16.6. The Morgan fingerprint density at radius 3 is 1.69 bits per heavy atom. The summed E-state index contributed by atoms with van der Waals surface area (Å²) in [6, 6.07) is 15.3. The van der Waals surface area contributed by atoms with Gasteiger partial charge in [0.25, 0.3) is 6.33 Å². The number of benzene rings is 11. The quantitative estimate of drug-likeness (QED) is 0.0529. The van der Waals surface area contributed by atoms with Crippen LogP contribution in [0, 0.1) is 25.3 Å². The molecule has 0 unspecified atom stereocenters. The van der Waals surface area contributed by atoms with Crippen molar-refractivity contribution in [2.24, 2.45) is 0 Å². The minimum atomic E-state index is -6.35. The molecule has 11 aromatic carbocycles. The molecular weight excluding hydrogens is 1270 g/mol. The zero-order valence-corrected chi connectivity index (χ0v) is 51.3. The number of aryl methyl sites for hydroxylation is 1. The molecule has 432 valence electrons. The van der Waals surface area contributed by atoms with Crippen molar-refractivity contribution in [3.8, 4) is 62.1 Å². The molecule has 0 aliphatic heterocycles. The van der Waals surface area contributed by atoms with Crippen LogP contribution in [0.5, 0.6) is 11.5 Å². The van der Waals surface area contributed by atoms with Gasteiger partial charge in [0.05, 0.1) is 51.0 Å². The van der Waals surface area contributed by atoms with Crippen LogP contribution in [0.25, 0.3) is 83.4 Å². The minimum absolute atomic E-state index is 0. The molecule has 7 heteroatoms. The van der Waals surface area contributed by atoms with Crippen molar-refractivity contribution in [2.75, 3.05) is 0 Å². The predicted molar refractivity (Wildman–Crippen MR) is 362 cm³/mol. The van der Waals surface area contributed by atoms with Gasteiger partial charge in [-0.15, -0.1) is 29.7 Å². The van der Waals surface area contributed by atoms with E-state index in [1.807, 2.05) is 65.8 Å². The van der Waals surface area contributed by atoms with Gasteiger partial charge in [-0.05, 0) is 112 Å². The van der Waals surface area contributed by atoms with Gasteiger partial charge in [-0.2, -0.15) is 18.2 Å². The molecule has 0 N–H and O–H groups in total. The van der Waals surface area contributed by atoms with Gasteiger partial charge in [0.2, 0.25) is 0 Å². The second-order valence-electron chi connectivity index (χ2n) is 22.8. The van der Waals surface area contributed by atoms with Crippen LogP contribution in [0.1, 0.15) is 96.6 Å². The number of aromatic nitrogens is 4. The molecule has 0 saturated heterocycles. The first-order valence-corrected chi connectivity index (χ1v) is 29.7. The molecule has 0 spiro atoms. The molecule has 0 aliphatic carbocycles. The van der Waals surface area contributed by atoms with Gasteiger partial charge in [-0.3, -0.25) is 4.57 Å². The number of ether oxygens (including phenoxy) is 1. The first-order chi connectivity index (χ1) is 53.9. The van der Waals surface area contributed by atoms with Crippen LogP contribution in [-0.2, 0) is 31.9 Å². The number of imidazole rings is 1. The maximum atomic E-state index is 10.3. The van der Waals surface area contributed by atoms with Crippen molar-refractivity contribution in [1.29, 1.82) is 0 Å². The molecule has 0 atom stereocenters. The molecule has 0 amide bonds. The van der Waals surface area contributed by atoms with Gasteiger partial charge in [0.15, 0.2) is 8.07 Å². The summed E-state index contributed by atoms with van der Waals surface area (Å²) in [5, 5.41) is -1.80. The minimum Gasteiger partial charge on any atom is -0.510 e. The number of para-hydroxylation sites is 3. The molecule has 0 saturated carbocycles. The molecular formula is C81H66N4OPtSi-2. The summed E-state index contributed by atoms with van der Waals surface area (Å²) in [7, 11) is -6.35. The van der Waals surface area contributed by atoms with Crippen LogP contribution in [0.3, 0.4) is 0 Å². The van der Waals surface area contributed by atoms with Gasteiger partial charge >= 0.3 is 0 Å². The van der Waals surface area contributed by atoms with Gasteiger partial charge in [-0.1, -0.05) is 265 Å². The van der Waals surface area contributed by atoms with E-state index in [0.29, 0.717) is 38.4 Å². The Hall–Kier alpha value is -9.45. The second-order valence-corrected chi connectivity index (χ2v) is 26.3. The monoisotopic (exact) mass is 1360 g/mol. The van der Waals surface area contributed by atoms with E-state index in [4.69, 9.17) is 26.2 Å². The zero-order valence-electron chi connectivity index (χ0n) is 76.1. The predicted octanol–water partition coefficient (Wildman–Crippen LogP) is 16.9. The molecule has 3 aromatic heterocycles. The van der Waals surface area contributed by atoms with Crippen molar-refractivity contribution in [2.45, 2.75) is 59.2 Å². The summed E-state index contributed by atoms with van der Waals surface area (Å²) in [5.74, 6) is 0.190. The molecule has 0 bridgehead atoms. The van der Waals surface area contributed by atoms with E-state index < -0.39 is 203 Å². The maximum Gasteiger partial charge on any atom is 0.268 e. The third-order valence-electron chi connectivity index (χ3n) is 15.3. The van der Waals surface area contributed by atoms with Crippen molar-refractivity contribution in [3.05, 3.63) is 308 Å². The molecule has 88 heavy (non-hydrogen) atoms. The fraction of sp³-hybridized carbons (Fsp3) is 0.111. The van der Waals surface area contributed by atoms with Gasteiger partial charge in [0.1, 0.15) is 5.82 Å². The Labute approximate surface area is 571 Å². The van der Waals surface area contributed by atoms with Crippen LogP contribution in [0.15, 0.2) is 273 Å². The molecule has 0 radical (unpaired) electrons. The van der Waals surface area contributed by atoms with Crippen molar-refractivity contribution >= 4 is 61.7 Å². The summed E-state index contributed by atoms with van der Waals surface area (Å²) in [6.07, 6.45) is 4.65. The third kappa shape index (κ3) is 10.4. The van der Waals surface area contributed by atoms with E-state index in [1.165, 1.54) is 22.8 Å². The Kier molecular flexibility index (Phi) is 8.91. The Balaban J connectivity index is 0.0000117. The topological polar surface area (TPSA) is 35.9 Å².